The van der Waals surface area contributed by atoms with E-state index in [1.807, 2.05) is 24.3 Å². The van der Waals surface area contributed by atoms with E-state index in [1.165, 1.54) is 0 Å². The van der Waals surface area contributed by atoms with E-state index in [9.17, 15) is 0 Å². The summed E-state index contributed by atoms with van der Waals surface area (Å²) in [5, 5.41) is 0. The largest absolute Gasteiger partial charge is 0.423 e. The van der Waals surface area contributed by atoms with E-state index in [0.717, 1.165) is 17.9 Å². The first-order valence-corrected chi connectivity index (χ1v) is 12.1. The lowest BCUT2D eigenvalue weighted by atomic mass is 10.3. The van der Waals surface area contributed by atoms with E-state index in [1.54, 1.807) is 12.1 Å². The van der Waals surface area contributed by atoms with Crippen LogP contribution in [0.4, 0.5) is 0 Å². The molecule has 0 radical (unpaired) electrons. The summed E-state index contributed by atoms with van der Waals surface area (Å²) in [4.78, 5) is 0. The van der Waals surface area contributed by atoms with Crippen LogP contribution in [0.2, 0.25) is 0 Å². The van der Waals surface area contributed by atoms with E-state index in [2.05, 4.69) is 63.7 Å². The maximum absolute atomic E-state index is 6.26. The SMILES string of the molecule is S=P(Cl)(Oc1cc(Br)ccc1Br)Oc1cc(Br)ccc1Br. The van der Waals surface area contributed by atoms with Crippen molar-refractivity contribution in [2.24, 2.45) is 0 Å². The van der Waals surface area contributed by atoms with Gasteiger partial charge >= 0.3 is 5.84 Å². The van der Waals surface area contributed by atoms with Gasteiger partial charge in [0.25, 0.3) is 0 Å². The van der Waals surface area contributed by atoms with Gasteiger partial charge in [0, 0.05) is 20.8 Å². The number of rotatable bonds is 4. The second-order valence-electron chi connectivity index (χ2n) is 3.76. The fourth-order valence-electron chi connectivity index (χ4n) is 1.35. The predicted octanol–water partition coefficient (Wildman–Crippen LogP) is 7.66. The minimum Gasteiger partial charge on any atom is -0.423 e. The van der Waals surface area contributed by atoms with Crippen LogP contribution in [0.5, 0.6) is 11.5 Å². The third kappa shape index (κ3) is 5.48. The molecule has 0 amide bonds. The minimum absolute atomic E-state index is 0.522. The van der Waals surface area contributed by atoms with Crippen molar-refractivity contribution in [3.63, 3.8) is 0 Å². The van der Waals surface area contributed by atoms with Gasteiger partial charge < -0.3 is 9.05 Å². The highest BCUT2D eigenvalue weighted by Gasteiger charge is 2.22. The molecule has 0 aliphatic heterocycles. The topological polar surface area (TPSA) is 18.5 Å². The Hall–Kier alpha value is 0.900. The van der Waals surface area contributed by atoms with Gasteiger partial charge in [-0.2, -0.15) is 0 Å². The normalized spacial score (nSPS) is 11.3. The fraction of sp³-hybridized carbons (Fsp3) is 0. The van der Waals surface area contributed by atoms with Gasteiger partial charge in [-0.3, -0.25) is 0 Å². The van der Waals surface area contributed by atoms with Crippen LogP contribution >= 0.6 is 80.8 Å². The molecule has 112 valence electrons. The molecule has 0 spiro atoms. The average Bonchev–Trinajstić information content (AvgIpc) is 2.37. The van der Waals surface area contributed by atoms with Gasteiger partial charge in [0.2, 0.25) is 0 Å². The molecule has 2 rings (SSSR count). The molecule has 0 fully saturated rings. The number of halogens is 5. The Morgan fingerprint density at radius 3 is 1.57 bits per heavy atom. The molecule has 0 atom stereocenters. The van der Waals surface area contributed by atoms with E-state index in [0.29, 0.717) is 11.5 Å². The van der Waals surface area contributed by atoms with Crippen molar-refractivity contribution in [2.45, 2.75) is 0 Å². The molecule has 0 N–H and O–H groups in total. The van der Waals surface area contributed by atoms with Crippen LogP contribution in [0.25, 0.3) is 0 Å². The minimum atomic E-state index is -3.03. The second kappa shape index (κ2) is 7.65. The number of hydrogen-bond donors (Lipinski definition) is 0. The first-order chi connectivity index (χ1) is 9.77. The van der Waals surface area contributed by atoms with Crippen LogP contribution in [-0.2, 0) is 11.8 Å². The van der Waals surface area contributed by atoms with Crippen molar-refractivity contribution >= 4 is 92.6 Å². The Morgan fingerprint density at radius 1 is 0.810 bits per heavy atom. The summed E-state index contributed by atoms with van der Waals surface area (Å²) in [6.07, 6.45) is 0. The van der Waals surface area contributed by atoms with Crippen LogP contribution in [-0.4, -0.2) is 0 Å². The Kier molecular flexibility index (Phi) is 6.64. The van der Waals surface area contributed by atoms with Crippen molar-refractivity contribution in [3.8, 4) is 11.5 Å². The fourth-order valence-corrected chi connectivity index (χ4v) is 4.67. The highest BCUT2D eigenvalue weighted by molar-refractivity contribution is 9.11. The summed E-state index contributed by atoms with van der Waals surface area (Å²) in [5.41, 5.74) is 0. The van der Waals surface area contributed by atoms with E-state index in [-0.39, 0.29) is 0 Å². The van der Waals surface area contributed by atoms with Crippen molar-refractivity contribution < 1.29 is 9.05 Å². The molecule has 2 aromatic carbocycles. The number of hydrogen-bond acceptors (Lipinski definition) is 3. The van der Waals surface area contributed by atoms with Crippen molar-refractivity contribution in [1.29, 1.82) is 0 Å². The molecule has 2 aromatic rings. The van der Waals surface area contributed by atoms with Crippen molar-refractivity contribution in [1.82, 2.24) is 0 Å². The molecule has 0 saturated heterocycles. The third-order valence-corrected chi connectivity index (χ3v) is 6.19. The Balaban J connectivity index is 2.24. The van der Waals surface area contributed by atoms with E-state index < -0.39 is 5.84 Å². The standard InChI is InChI=1S/C12H6Br4ClO2PS/c13-7-1-3-9(15)11(5-7)18-20(17,21)19-12-6-8(14)2-4-10(12)16/h1-6H. The first kappa shape index (κ1) is 18.2. The van der Waals surface area contributed by atoms with Crippen LogP contribution in [0, 0.1) is 0 Å². The average molecular weight is 600 g/mol. The van der Waals surface area contributed by atoms with Crippen molar-refractivity contribution in [2.75, 3.05) is 0 Å². The lowest BCUT2D eigenvalue weighted by Crippen LogP contribution is -1.96. The van der Waals surface area contributed by atoms with Gasteiger partial charge in [-0.15, -0.1) is 0 Å². The van der Waals surface area contributed by atoms with Gasteiger partial charge in [0.05, 0.1) is 8.95 Å². The Morgan fingerprint density at radius 2 is 1.19 bits per heavy atom. The molecule has 0 unspecified atom stereocenters. The first-order valence-electron chi connectivity index (χ1n) is 5.36. The Labute approximate surface area is 166 Å². The molecule has 0 aliphatic rings. The zero-order chi connectivity index (χ0) is 15.6. The van der Waals surface area contributed by atoms with E-state index >= 15 is 0 Å². The summed E-state index contributed by atoms with van der Waals surface area (Å²) in [5.74, 6) is -1.98. The summed E-state index contributed by atoms with van der Waals surface area (Å²) < 4.78 is 14.5. The van der Waals surface area contributed by atoms with Crippen molar-refractivity contribution in [3.05, 3.63) is 54.3 Å². The van der Waals surface area contributed by atoms with Crippen LogP contribution < -0.4 is 9.05 Å². The molecule has 0 bridgehead atoms. The monoisotopic (exact) mass is 596 g/mol. The smallest absolute Gasteiger partial charge is 0.384 e. The third-order valence-electron chi connectivity index (χ3n) is 2.20. The highest BCUT2D eigenvalue weighted by Crippen LogP contribution is 2.56. The highest BCUT2D eigenvalue weighted by atomic mass is 79.9. The molecule has 21 heavy (non-hydrogen) atoms. The van der Waals surface area contributed by atoms with Crippen LogP contribution in [0.15, 0.2) is 54.3 Å². The maximum atomic E-state index is 6.26. The maximum Gasteiger partial charge on any atom is 0.384 e. The second-order valence-corrected chi connectivity index (χ2v) is 11.9. The van der Waals surface area contributed by atoms with E-state index in [4.69, 9.17) is 32.1 Å². The quantitative estimate of drug-likeness (QED) is 0.336. The van der Waals surface area contributed by atoms with Gasteiger partial charge in [0.1, 0.15) is 11.5 Å². The van der Waals surface area contributed by atoms with Crippen LogP contribution in [0.1, 0.15) is 0 Å². The molecular formula is C12H6Br4ClO2PS. The molecule has 0 aliphatic carbocycles. The summed E-state index contributed by atoms with van der Waals surface area (Å²) in [7, 11) is 0. The Bertz CT molecular complexity index is 671. The molecule has 0 aromatic heterocycles. The van der Waals surface area contributed by atoms with Gasteiger partial charge in [-0.1, -0.05) is 31.9 Å². The number of benzene rings is 2. The summed E-state index contributed by atoms with van der Waals surface area (Å²) >= 11 is 25.1. The predicted molar refractivity (Wildman–Crippen MR) is 105 cm³/mol. The molecular weight excluding hydrogens is 594 g/mol. The lowest BCUT2D eigenvalue weighted by molar-refractivity contribution is 0.501. The van der Waals surface area contributed by atoms with Gasteiger partial charge in [-0.25, -0.2) is 0 Å². The molecule has 2 nitrogen and oxygen atoms in total. The molecule has 9 heteroatoms. The zero-order valence-electron chi connectivity index (χ0n) is 10.0. The zero-order valence-corrected chi connectivity index (χ0v) is 18.8. The van der Waals surface area contributed by atoms with Crippen LogP contribution in [0.3, 0.4) is 0 Å². The lowest BCUT2D eigenvalue weighted by Gasteiger charge is -2.19. The molecule has 0 saturated carbocycles. The van der Waals surface area contributed by atoms with Gasteiger partial charge in [-0.05, 0) is 79.5 Å². The summed E-state index contributed by atoms with van der Waals surface area (Å²) in [6, 6.07) is 11.0. The molecule has 0 heterocycles. The summed E-state index contributed by atoms with van der Waals surface area (Å²) in [6.45, 7) is 0. The van der Waals surface area contributed by atoms with Gasteiger partial charge in [0.15, 0.2) is 0 Å².